The molecule has 4 heteroatoms. The summed E-state index contributed by atoms with van der Waals surface area (Å²) < 4.78 is 11.8. The molecule has 0 atom stereocenters. The van der Waals surface area contributed by atoms with Crippen LogP contribution >= 0.6 is 0 Å². The summed E-state index contributed by atoms with van der Waals surface area (Å²) in [5.74, 6) is 0. The van der Waals surface area contributed by atoms with Gasteiger partial charge in [-0.1, -0.05) is 34.1 Å². The molecular weight excluding hydrogens is 244 g/mol. The van der Waals surface area contributed by atoms with E-state index in [9.17, 15) is 0 Å². The van der Waals surface area contributed by atoms with Gasteiger partial charge in [0.1, 0.15) is 0 Å². The van der Waals surface area contributed by atoms with Gasteiger partial charge >= 0.3 is 0 Å². The monoisotopic (exact) mass is 276 g/mol. The van der Waals surface area contributed by atoms with E-state index >= 15 is 0 Å². The maximum Gasteiger partial charge on any atom is 0.161 e. The summed E-state index contributed by atoms with van der Waals surface area (Å²) in [5.41, 5.74) is 0. The molecule has 17 heavy (non-hydrogen) atoms. The van der Waals surface area contributed by atoms with Crippen LogP contribution in [0.5, 0.6) is 0 Å². The summed E-state index contributed by atoms with van der Waals surface area (Å²) in [5, 5.41) is 0. The van der Waals surface area contributed by atoms with Crippen LogP contribution in [0.4, 0.5) is 0 Å². The Morgan fingerprint density at radius 1 is 0.706 bits per heavy atom. The minimum Gasteiger partial charge on any atom is -0.421 e. The van der Waals surface area contributed by atoms with Crippen molar-refractivity contribution in [2.75, 3.05) is 0 Å². The van der Waals surface area contributed by atoms with E-state index < -0.39 is 0 Å². The van der Waals surface area contributed by atoms with Crippen LogP contribution in [-0.4, -0.2) is 31.7 Å². The lowest BCUT2D eigenvalue weighted by Gasteiger charge is -2.15. The van der Waals surface area contributed by atoms with Gasteiger partial charge < -0.3 is 8.85 Å². The lowest BCUT2D eigenvalue weighted by molar-refractivity contribution is 0.200. The summed E-state index contributed by atoms with van der Waals surface area (Å²) in [4.78, 5) is 0. The molecule has 0 heterocycles. The molecule has 0 fully saturated rings. The van der Waals surface area contributed by atoms with Crippen LogP contribution in [0.25, 0.3) is 0 Å². The smallest absolute Gasteiger partial charge is 0.161 e. The van der Waals surface area contributed by atoms with E-state index in [4.69, 9.17) is 8.85 Å². The van der Waals surface area contributed by atoms with Crippen molar-refractivity contribution in [1.82, 2.24) is 0 Å². The molecule has 0 aromatic heterocycles. The highest BCUT2D eigenvalue weighted by Gasteiger charge is 2.04. The van der Waals surface area contributed by atoms with Crippen molar-refractivity contribution >= 4 is 19.5 Å². The van der Waals surface area contributed by atoms with Gasteiger partial charge in [-0.05, 0) is 37.8 Å². The summed E-state index contributed by atoms with van der Waals surface area (Å²) >= 11 is 0. The molecule has 0 unspecified atom stereocenters. The predicted octanol–water partition coefficient (Wildman–Crippen LogP) is 2.79. The van der Waals surface area contributed by atoms with Crippen LogP contribution in [0.2, 0.25) is 12.1 Å². The molecule has 0 aromatic rings. The van der Waals surface area contributed by atoms with Gasteiger partial charge in [-0.15, -0.1) is 0 Å². The minimum atomic E-state index is -0.249. The van der Waals surface area contributed by atoms with E-state index in [0.29, 0.717) is 12.2 Å². The topological polar surface area (TPSA) is 18.5 Å². The molecule has 0 spiro atoms. The van der Waals surface area contributed by atoms with Gasteiger partial charge in [0.2, 0.25) is 0 Å². The van der Waals surface area contributed by atoms with Crippen LogP contribution < -0.4 is 0 Å². The van der Waals surface area contributed by atoms with E-state index in [1.165, 1.54) is 44.2 Å². The van der Waals surface area contributed by atoms with Gasteiger partial charge in [-0.25, -0.2) is 0 Å². The predicted molar refractivity (Wildman–Crippen MR) is 82.2 cm³/mol. The second kappa shape index (κ2) is 12.8. The van der Waals surface area contributed by atoms with Crippen LogP contribution in [0.1, 0.15) is 59.8 Å². The molecule has 0 saturated heterocycles. The molecule has 0 N–H and O–H groups in total. The Hall–Kier alpha value is 0.354. The normalized spacial score (nSPS) is 13.1. The average Bonchev–Trinajstić information content (AvgIpc) is 2.37. The SMILES string of the molecule is CCC(CC)O[SiH2]CCC[SiH2]OC(CC)CC. The second-order valence-corrected chi connectivity index (χ2v) is 7.58. The highest BCUT2D eigenvalue weighted by Crippen LogP contribution is 2.06. The average molecular weight is 277 g/mol. The molecule has 0 saturated carbocycles. The maximum atomic E-state index is 5.92. The van der Waals surface area contributed by atoms with Crippen molar-refractivity contribution in [2.45, 2.75) is 84.1 Å². The number of hydrogen-bond acceptors (Lipinski definition) is 2. The Kier molecular flexibility index (Phi) is 13.1. The molecule has 2 nitrogen and oxygen atoms in total. The third-order valence-corrected chi connectivity index (χ3v) is 6.31. The molecule has 0 aliphatic carbocycles. The molecule has 0 bridgehead atoms. The molecule has 0 aliphatic rings. The van der Waals surface area contributed by atoms with E-state index in [0.717, 1.165) is 0 Å². The van der Waals surface area contributed by atoms with Gasteiger partial charge in [-0.2, -0.15) is 0 Å². The lowest BCUT2D eigenvalue weighted by atomic mass is 10.2. The van der Waals surface area contributed by atoms with Crippen molar-refractivity contribution in [3.63, 3.8) is 0 Å². The molecule has 0 aliphatic heterocycles. The van der Waals surface area contributed by atoms with Crippen molar-refractivity contribution < 1.29 is 8.85 Å². The fourth-order valence-electron chi connectivity index (χ4n) is 1.93. The highest BCUT2D eigenvalue weighted by atomic mass is 28.2. The van der Waals surface area contributed by atoms with Gasteiger partial charge in [0.05, 0.1) is 0 Å². The van der Waals surface area contributed by atoms with Gasteiger partial charge in [0, 0.05) is 12.2 Å². The van der Waals surface area contributed by atoms with Crippen LogP contribution in [0, 0.1) is 0 Å². The zero-order valence-electron chi connectivity index (χ0n) is 12.3. The summed E-state index contributed by atoms with van der Waals surface area (Å²) in [6.07, 6.45) is 7.14. The summed E-state index contributed by atoms with van der Waals surface area (Å²) in [6.45, 7) is 8.88. The standard InChI is InChI=1S/C13H32O2Si2/c1-5-12(6-2)14-16-10-9-11-17-15-13(7-3)8-4/h12-13H,5-11,16-17H2,1-4H3. The zero-order valence-corrected chi connectivity index (χ0v) is 15.2. The summed E-state index contributed by atoms with van der Waals surface area (Å²) in [6, 6.07) is 2.69. The highest BCUT2D eigenvalue weighted by molar-refractivity contribution is 6.29. The van der Waals surface area contributed by atoms with E-state index in [-0.39, 0.29) is 19.5 Å². The van der Waals surface area contributed by atoms with E-state index in [1.807, 2.05) is 0 Å². The molecule has 104 valence electrons. The largest absolute Gasteiger partial charge is 0.421 e. The van der Waals surface area contributed by atoms with Crippen molar-refractivity contribution in [1.29, 1.82) is 0 Å². The van der Waals surface area contributed by atoms with Crippen molar-refractivity contribution in [3.8, 4) is 0 Å². The first kappa shape index (κ1) is 17.4. The Labute approximate surface area is 113 Å². The first-order valence-electron chi connectivity index (χ1n) is 7.51. The number of rotatable bonds is 12. The Morgan fingerprint density at radius 2 is 1.06 bits per heavy atom. The minimum absolute atomic E-state index is 0.249. The van der Waals surface area contributed by atoms with E-state index in [1.54, 1.807) is 0 Å². The third kappa shape index (κ3) is 10.0. The maximum absolute atomic E-state index is 5.92. The lowest BCUT2D eigenvalue weighted by Crippen LogP contribution is -2.14. The van der Waals surface area contributed by atoms with Gasteiger partial charge in [-0.3, -0.25) is 0 Å². The Bertz CT molecular complexity index is 132. The quantitative estimate of drug-likeness (QED) is 0.403. The van der Waals surface area contributed by atoms with Crippen LogP contribution in [-0.2, 0) is 8.85 Å². The Morgan fingerprint density at radius 3 is 1.35 bits per heavy atom. The van der Waals surface area contributed by atoms with Crippen molar-refractivity contribution in [2.24, 2.45) is 0 Å². The third-order valence-electron chi connectivity index (χ3n) is 3.32. The fraction of sp³-hybridized carbons (Fsp3) is 1.00. The molecule has 0 rings (SSSR count). The first-order chi connectivity index (χ1) is 8.28. The first-order valence-corrected chi connectivity index (χ1v) is 10.7. The molecule has 0 radical (unpaired) electrons. The van der Waals surface area contributed by atoms with Gasteiger partial charge in [0.15, 0.2) is 19.5 Å². The van der Waals surface area contributed by atoms with Crippen molar-refractivity contribution in [3.05, 3.63) is 0 Å². The van der Waals surface area contributed by atoms with Crippen LogP contribution in [0.15, 0.2) is 0 Å². The van der Waals surface area contributed by atoms with Crippen LogP contribution in [0.3, 0.4) is 0 Å². The van der Waals surface area contributed by atoms with Gasteiger partial charge in [0.25, 0.3) is 0 Å². The second-order valence-electron chi connectivity index (χ2n) is 4.68. The molecule has 0 amide bonds. The zero-order chi connectivity index (χ0) is 12.9. The van der Waals surface area contributed by atoms with E-state index in [2.05, 4.69) is 27.7 Å². The summed E-state index contributed by atoms with van der Waals surface area (Å²) in [7, 11) is -0.498. The fourth-order valence-corrected chi connectivity index (χ4v) is 5.69. The molecule has 0 aromatic carbocycles. The Balaban J connectivity index is 3.23. The molecular formula is C13H32O2Si2. The number of hydrogen-bond donors (Lipinski definition) is 0.